The second-order valence-electron chi connectivity index (χ2n) is 5.00. The number of nitrogens with zero attached hydrogens (tertiary/aromatic N) is 2. The van der Waals surface area contributed by atoms with Crippen LogP contribution >= 0.6 is 0 Å². The Bertz CT molecular complexity index is 731. The van der Waals surface area contributed by atoms with Crippen molar-refractivity contribution in [2.45, 2.75) is 27.7 Å². The van der Waals surface area contributed by atoms with Gasteiger partial charge in [-0.25, -0.2) is 0 Å². The van der Waals surface area contributed by atoms with Crippen molar-refractivity contribution < 1.29 is 4.79 Å². The van der Waals surface area contributed by atoms with Gasteiger partial charge < -0.3 is 0 Å². The summed E-state index contributed by atoms with van der Waals surface area (Å²) in [5, 5.41) is 5.88. The van der Waals surface area contributed by atoms with Crippen molar-refractivity contribution in [3.05, 3.63) is 71.8 Å². The number of allylic oxidation sites excluding steroid dienone is 1. The molecule has 0 spiro atoms. The van der Waals surface area contributed by atoms with Gasteiger partial charge in [0, 0.05) is 0 Å². The van der Waals surface area contributed by atoms with Gasteiger partial charge in [-0.2, -0.15) is 10.1 Å². The Kier molecular flexibility index (Phi) is 5.47. The van der Waals surface area contributed by atoms with E-state index >= 15 is 0 Å². The third kappa shape index (κ3) is 3.39. The summed E-state index contributed by atoms with van der Waals surface area (Å²) in [6.45, 7) is 7.85. The molecule has 0 atom stereocenters. The molecule has 0 bridgehead atoms. The van der Waals surface area contributed by atoms with Gasteiger partial charge in [-0.05, 0) is 37.1 Å². The third-order valence-electron chi connectivity index (χ3n) is 3.60. The molecule has 2 aromatic carbocycles. The van der Waals surface area contributed by atoms with Gasteiger partial charge in [0.05, 0.1) is 17.0 Å². The van der Waals surface area contributed by atoms with Crippen LogP contribution in [0.3, 0.4) is 0 Å². The van der Waals surface area contributed by atoms with Crippen LogP contribution in [0.15, 0.2) is 71.3 Å². The van der Waals surface area contributed by atoms with Gasteiger partial charge in [0.15, 0.2) is 0 Å². The molecule has 3 nitrogen and oxygen atoms in total. The van der Waals surface area contributed by atoms with Crippen molar-refractivity contribution in [2.24, 2.45) is 5.10 Å². The number of para-hydroxylation sites is 1. The maximum Gasteiger partial charge on any atom is 0.280 e. The lowest BCUT2D eigenvalue weighted by molar-refractivity contribution is -0.114. The van der Waals surface area contributed by atoms with E-state index in [1.807, 2.05) is 88.4 Å². The fourth-order valence-electron chi connectivity index (χ4n) is 2.51. The Hall–Kier alpha value is -2.68. The van der Waals surface area contributed by atoms with E-state index < -0.39 is 0 Å². The first kappa shape index (κ1) is 16.7. The molecule has 0 aliphatic carbocycles. The van der Waals surface area contributed by atoms with Gasteiger partial charge in [0.25, 0.3) is 5.91 Å². The SMILES string of the molecule is CC.CC1=NN(c2ccccc2)C(=O)/C1=C(/C)c1ccccc1. The van der Waals surface area contributed by atoms with E-state index in [1.54, 1.807) is 0 Å². The molecule has 0 radical (unpaired) electrons. The number of hydrogen-bond donors (Lipinski definition) is 0. The number of rotatable bonds is 2. The standard InChI is InChI=1S/C18H16N2O.C2H6/c1-13(15-9-5-3-6-10-15)17-14(2)19-20(18(17)21)16-11-7-4-8-12-16;1-2/h3-12H,1-2H3;1-2H3/b17-13-;. The first-order valence-corrected chi connectivity index (χ1v) is 7.90. The van der Waals surface area contributed by atoms with Crippen LogP contribution in [0.5, 0.6) is 0 Å². The molecule has 3 rings (SSSR count). The predicted molar refractivity (Wildman–Crippen MR) is 97.4 cm³/mol. The largest absolute Gasteiger partial charge is 0.280 e. The smallest absolute Gasteiger partial charge is 0.267 e. The Balaban J connectivity index is 0.000000924. The average Bonchev–Trinajstić information content (AvgIpc) is 2.92. The summed E-state index contributed by atoms with van der Waals surface area (Å²) in [6, 6.07) is 19.4. The lowest BCUT2D eigenvalue weighted by Crippen LogP contribution is -2.21. The molecular formula is C20H22N2O. The summed E-state index contributed by atoms with van der Waals surface area (Å²) in [6.07, 6.45) is 0. The average molecular weight is 306 g/mol. The van der Waals surface area contributed by atoms with Crippen LogP contribution in [0.4, 0.5) is 5.69 Å². The van der Waals surface area contributed by atoms with Crippen LogP contribution < -0.4 is 5.01 Å². The van der Waals surface area contributed by atoms with E-state index in [-0.39, 0.29) is 5.91 Å². The zero-order chi connectivity index (χ0) is 16.8. The molecule has 1 heterocycles. The lowest BCUT2D eigenvalue weighted by atomic mass is 9.98. The summed E-state index contributed by atoms with van der Waals surface area (Å²) in [5.74, 6) is -0.0694. The highest BCUT2D eigenvalue weighted by molar-refractivity contribution is 6.33. The number of carbonyl (C=O) groups excluding carboxylic acids is 1. The molecule has 0 unspecified atom stereocenters. The van der Waals surface area contributed by atoms with Crippen molar-refractivity contribution in [1.29, 1.82) is 0 Å². The van der Waals surface area contributed by atoms with Gasteiger partial charge in [-0.1, -0.05) is 62.4 Å². The molecule has 0 fully saturated rings. The molecule has 1 aliphatic rings. The fraction of sp³-hybridized carbons (Fsp3) is 0.200. The second-order valence-corrected chi connectivity index (χ2v) is 5.00. The van der Waals surface area contributed by atoms with Gasteiger partial charge >= 0.3 is 0 Å². The quantitative estimate of drug-likeness (QED) is 0.726. The number of benzene rings is 2. The van der Waals surface area contributed by atoms with E-state index in [9.17, 15) is 4.79 Å². The maximum atomic E-state index is 12.7. The molecule has 0 saturated carbocycles. The Morgan fingerprint density at radius 2 is 1.43 bits per heavy atom. The molecule has 1 aliphatic heterocycles. The minimum atomic E-state index is -0.0694. The van der Waals surface area contributed by atoms with Crippen LogP contribution in [0, 0.1) is 0 Å². The van der Waals surface area contributed by atoms with Crippen molar-refractivity contribution in [3.8, 4) is 0 Å². The highest BCUT2D eigenvalue weighted by atomic mass is 16.2. The van der Waals surface area contributed by atoms with Crippen LogP contribution in [0.25, 0.3) is 5.57 Å². The molecule has 1 amide bonds. The van der Waals surface area contributed by atoms with E-state index in [4.69, 9.17) is 0 Å². The van der Waals surface area contributed by atoms with Crippen molar-refractivity contribution in [1.82, 2.24) is 0 Å². The molecular weight excluding hydrogens is 284 g/mol. The van der Waals surface area contributed by atoms with Crippen LogP contribution in [-0.2, 0) is 4.79 Å². The van der Waals surface area contributed by atoms with Gasteiger partial charge in [0.2, 0.25) is 0 Å². The second kappa shape index (κ2) is 7.54. The summed E-state index contributed by atoms with van der Waals surface area (Å²) >= 11 is 0. The predicted octanol–water partition coefficient (Wildman–Crippen LogP) is 4.91. The monoisotopic (exact) mass is 306 g/mol. The van der Waals surface area contributed by atoms with Crippen molar-refractivity contribution in [2.75, 3.05) is 5.01 Å². The number of hydrogen-bond acceptors (Lipinski definition) is 2. The zero-order valence-corrected chi connectivity index (χ0v) is 14.1. The Morgan fingerprint density at radius 3 is 2.00 bits per heavy atom. The van der Waals surface area contributed by atoms with Gasteiger partial charge in [-0.15, -0.1) is 0 Å². The van der Waals surface area contributed by atoms with Gasteiger partial charge in [0.1, 0.15) is 0 Å². The molecule has 23 heavy (non-hydrogen) atoms. The Morgan fingerprint density at radius 1 is 0.913 bits per heavy atom. The molecule has 0 N–H and O–H groups in total. The molecule has 3 heteroatoms. The topological polar surface area (TPSA) is 32.7 Å². The summed E-state index contributed by atoms with van der Waals surface area (Å²) in [7, 11) is 0. The lowest BCUT2D eigenvalue weighted by Gasteiger charge is -2.12. The van der Waals surface area contributed by atoms with E-state index in [0.29, 0.717) is 5.57 Å². The van der Waals surface area contributed by atoms with E-state index in [2.05, 4.69) is 5.10 Å². The minimum Gasteiger partial charge on any atom is -0.267 e. The van der Waals surface area contributed by atoms with E-state index in [1.165, 1.54) is 5.01 Å². The van der Waals surface area contributed by atoms with Crippen molar-refractivity contribution >= 4 is 22.9 Å². The minimum absolute atomic E-state index is 0.0694. The van der Waals surface area contributed by atoms with Crippen LogP contribution in [-0.4, -0.2) is 11.6 Å². The molecule has 0 aromatic heterocycles. The third-order valence-corrected chi connectivity index (χ3v) is 3.60. The molecule has 0 saturated heterocycles. The van der Waals surface area contributed by atoms with Crippen molar-refractivity contribution in [3.63, 3.8) is 0 Å². The number of anilines is 1. The zero-order valence-electron chi connectivity index (χ0n) is 14.1. The first-order chi connectivity index (χ1) is 11.2. The molecule has 118 valence electrons. The number of hydrazone groups is 1. The van der Waals surface area contributed by atoms with Crippen LogP contribution in [0.2, 0.25) is 0 Å². The summed E-state index contributed by atoms with van der Waals surface area (Å²) < 4.78 is 0. The summed E-state index contributed by atoms with van der Waals surface area (Å²) in [5.41, 5.74) is 4.23. The fourth-order valence-corrected chi connectivity index (χ4v) is 2.51. The number of amides is 1. The molecule has 2 aromatic rings. The first-order valence-electron chi connectivity index (χ1n) is 7.90. The maximum absolute atomic E-state index is 12.7. The van der Waals surface area contributed by atoms with Gasteiger partial charge in [-0.3, -0.25) is 4.79 Å². The normalized spacial score (nSPS) is 15.7. The highest BCUT2D eigenvalue weighted by Gasteiger charge is 2.30. The number of carbonyl (C=O) groups is 1. The highest BCUT2D eigenvalue weighted by Crippen LogP contribution is 2.28. The summed E-state index contributed by atoms with van der Waals surface area (Å²) in [4.78, 5) is 12.7. The van der Waals surface area contributed by atoms with Crippen LogP contribution in [0.1, 0.15) is 33.3 Å². The Labute approximate surface area is 138 Å². The van der Waals surface area contributed by atoms with E-state index in [0.717, 1.165) is 22.5 Å².